The molecule has 2 amide bonds. The SMILES string of the molecule is CCOC(=O)c1ccc(NC(=O)NCc2c(F)cccc2Cl)cc1. The Bertz CT molecular complexity index is 715. The zero-order valence-corrected chi connectivity index (χ0v) is 13.7. The highest BCUT2D eigenvalue weighted by Crippen LogP contribution is 2.18. The van der Waals surface area contributed by atoms with Crippen molar-refractivity contribution in [2.45, 2.75) is 13.5 Å². The van der Waals surface area contributed by atoms with Gasteiger partial charge in [-0.3, -0.25) is 0 Å². The lowest BCUT2D eigenvalue weighted by Crippen LogP contribution is -2.28. The number of amides is 2. The van der Waals surface area contributed by atoms with E-state index in [1.165, 1.54) is 12.1 Å². The Balaban J connectivity index is 1.92. The number of urea groups is 1. The summed E-state index contributed by atoms with van der Waals surface area (Å²) in [4.78, 5) is 23.4. The zero-order valence-electron chi connectivity index (χ0n) is 12.9. The van der Waals surface area contributed by atoms with E-state index >= 15 is 0 Å². The number of carbonyl (C=O) groups is 2. The van der Waals surface area contributed by atoms with Crippen molar-refractivity contribution in [1.82, 2.24) is 5.32 Å². The van der Waals surface area contributed by atoms with E-state index in [4.69, 9.17) is 16.3 Å². The first-order valence-electron chi connectivity index (χ1n) is 7.26. The molecule has 5 nitrogen and oxygen atoms in total. The molecule has 2 aromatic carbocycles. The van der Waals surface area contributed by atoms with Crippen molar-refractivity contribution in [2.75, 3.05) is 11.9 Å². The second kappa shape index (κ2) is 8.31. The van der Waals surface area contributed by atoms with Crippen molar-refractivity contribution < 1.29 is 18.7 Å². The van der Waals surface area contributed by atoms with Crippen LogP contribution in [0.25, 0.3) is 0 Å². The van der Waals surface area contributed by atoms with Gasteiger partial charge in [-0.2, -0.15) is 0 Å². The largest absolute Gasteiger partial charge is 0.462 e. The third-order valence-corrected chi connectivity index (χ3v) is 3.50. The van der Waals surface area contributed by atoms with Gasteiger partial charge in [0.05, 0.1) is 12.2 Å². The molecular formula is C17H16ClFN2O3. The van der Waals surface area contributed by atoms with Gasteiger partial charge >= 0.3 is 12.0 Å². The number of carbonyl (C=O) groups excluding carboxylic acids is 2. The van der Waals surface area contributed by atoms with Crippen molar-refractivity contribution in [2.24, 2.45) is 0 Å². The number of rotatable bonds is 5. The van der Waals surface area contributed by atoms with Crippen LogP contribution in [0.2, 0.25) is 5.02 Å². The van der Waals surface area contributed by atoms with Gasteiger partial charge in [0.2, 0.25) is 0 Å². The smallest absolute Gasteiger partial charge is 0.338 e. The molecule has 0 radical (unpaired) electrons. The van der Waals surface area contributed by atoms with Crippen molar-refractivity contribution in [3.63, 3.8) is 0 Å². The Morgan fingerprint density at radius 1 is 1.17 bits per heavy atom. The normalized spacial score (nSPS) is 10.1. The van der Waals surface area contributed by atoms with Gasteiger partial charge in [0.25, 0.3) is 0 Å². The van der Waals surface area contributed by atoms with Crippen LogP contribution in [0.15, 0.2) is 42.5 Å². The van der Waals surface area contributed by atoms with E-state index in [1.807, 2.05) is 0 Å². The van der Waals surface area contributed by atoms with E-state index in [-0.39, 0.29) is 17.1 Å². The number of ether oxygens (including phenoxy) is 1. The fourth-order valence-electron chi connectivity index (χ4n) is 1.95. The molecule has 0 atom stereocenters. The maximum absolute atomic E-state index is 13.6. The van der Waals surface area contributed by atoms with E-state index in [0.29, 0.717) is 17.9 Å². The van der Waals surface area contributed by atoms with Crippen LogP contribution in [0.3, 0.4) is 0 Å². The van der Waals surface area contributed by atoms with Crippen molar-refractivity contribution in [3.8, 4) is 0 Å². The molecule has 0 bridgehead atoms. The number of benzene rings is 2. The molecule has 0 aliphatic rings. The lowest BCUT2D eigenvalue weighted by Gasteiger charge is -2.10. The molecule has 126 valence electrons. The molecule has 2 N–H and O–H groups in total. The van der Waals surface area contributed by atoms with Crippen molar-refractivity contribution in [1.29, 1.82) is 0 Å². The summed E-state index contributed by atoms with van der Waals surface area (Å²) >= 11 is 5.89. The van der Waals surface area contributed by atoms with Gasteiger partial charge in [-0.15, -0.1) is 0 Å². The first-order valence-corrected chi connectivity index (χ1v) is 7.64. The van der Waals surface area contributed by atoms with Gasteiger partial charge in [0.1, 0.15) is 5.82 Å². The molecule has 2 rings (SSSR count). The number of hydrogen-bond donors (Lipinski definition) is 2. The molecule has 0 aliphatic carbocycles. The number of nitrogens with one attached hydrogen (secondary N) is 2. The lowest BCUT2D eigenvalue weighted by molar-refractivity contribution is 0.0526. The van der Waals surface area contributed by atoms with E-state index in [9.17, 15) is 14.0 Å². The third-order valence-electron chi connectivity index (χ3n) is 3.14. The summed E-state index contributed by atoms with van der Waals surface area (Å²) in [7, 11) is 0. The second-order valence-corrected chi connectivity index (χ2v) is 5.21. The average molecular weight is 351 g/mol. The molecule has 24 heavy (non-hydrogen) atoms. The molecule has 0 saturated heterocycles. The topological polar surface area (TPSA) is 67.4 Å². The minimum absolute atomic E-state index is 0.0434. The molecule has 0 heterocycles. The predicted molar refractivity (Wildman–Crippen MR) is 89.7 cm³/mol. The van der Waals surface area contributed by atoms with Crippen LogP contribution in [-0.2, 0) is 11.3 Å². The summed E-state index contributed by atoms with van der Waals surface area (Å²) in [6.07, 6.45) is 0. The molecule has 0 fully saturated rings. The average Bonchev–Trinajstić information content (AvgIpc) is 2.55. The highest BCUT2D eigenvalue weighted by Gasteiger charge is 2.10. The standard InChI is InChI=1S/C17H16ClFN2O3/c1-2-24-16(22)11-6-8-12(9-7-11)21-17(23)20-10-13-14(18)4-3-5-15(13)19/h3-9H,2,10H2,1H3,(H2,20,21,23). The molecule has 0 unspecified atom stereocenters. The molecule has 0 spiro atoms. The number of hydrogen-bond acceptors (Lipinski definition) is 3. The van der Waals surface area contributed by atoms with Gasteiger partial charge in [0.15, 0.2) is 0 Å². The summed E-state index contributed by atoms with van der Waals surface area (Å²) < 4.78 is 18.5. The van der Waals surface area contributed by atoms with Gasteiger partial charge < -0.3 is 15.4 Å². The molecule has 0 aromatic heterocycles. The van der Waals surface area contributed by atoms with Gasteiger partial charge in [-0.1, -0.05) is 17.7 Å². The molecule has 0 aliphatic heterocycles. The van der Waals surface area contributed by atoms with Gasteiger partial charge in [-0.05, 0) is 43.3 Å². The number of anilines is 1. The Hall–Kier alpha value is -2.60. The number of halogens is 2. The lowest BCUT2D eigenvalue weighted by atomic mass is 10.2. The van der Waals surface area contributed by atoms with Gasteiger partial charge in [-0.25, -0.2) is 14.0 Å². The molecule has 7 heteroatoms. The molecule has 0 saturated carbocycles. The third kappa shape index (κ3) is 4.70. The summed E-state index contributed by atoms with van der Waals surface area (Å²) in [6.45, 7) is 1.97. The van der Waals surface area contributed by atoms with Gasteiger partial charge in [0, 0.05) is 22.8 Å². The van der Waals surface area contributed by atoms with E-state index in [0.717, 1.165) is 0 Å². The highest BCUT2D eigenvalue weighted by molar-refractivity contribution is 6.31. The van der Waals surface area contributed by atoms with Crippen LogP contribution in [0.5, 0.6) is 0 Å². The Morgan fingerprint density at radius 2 is 1.88 bits per heavy atom. The molecular weight excluding hydrogens is 335 g/mol. The van der Waals surface area contributed by atoms with Crippen LogP contribution in [0.1, 0.15) is 22.8 Å². The minimum Gasteiger partial charge on any atom is -0.462 e. The van der Waals surface area contributed by atoms with Crippen LogP contribution in [-0.4, -0.2) is 18.6 Å². The minimum atomic E-state index is -0.516. The van der Waals surface area contributed by atoms with E-state index in [1.54, 1.807) is 37.3 Å². The molecule has 2 aromatic rings. The Morgan fingerprint density at radius 3 is 2.50 bits per heavy atom. The fraction of sp³-hybridized carbons (Fsp3) is 0.176. The van der Waals surface area contributed by atoms with Crippen LogP contribution < -0.4 is 10.6 Å². The predicted octanol–water partition coefficient (Wildman–Crippen LogP) is 3.98. The summed E-state index contributed by atoms with van der Waals surface area (Å²) in [5.74, 6) is -0.913. The van der Waals surface area contributed by atoms with Crippen LogP contribution in [0, 0.1) is 5.82 Å². The second-order valence-electron chi connectivity index (χ2n) is 4.81. The highest BCUT2D eigenvalue weighted by atomic mass is 35.5. The summed E-state index contributed by atoms with van der Waals surface area (Å²) in [5, 5.41) is 5.35. The van der Waals surface area contributed by atoms with Crippen molar-refractivity contribution >= 4 is 29.3 Å². The fourth-order valence-corrected chi connectivity index (χ4v) is 2.18. The Kier molecular flexibility index (Phi) is 6.14. The van der Waals surface area contributed by atoms with Crippen molar-refractivity contribution in [3.05, 3.63) is 64.4 Å². The summed E-state index contributed by atoms with van der Waals surface area (Å²) in [6, 6.07) is 10.0. The quantitative estimate of drug-likeness (QED) is 0.801. The van der Waals surface area contributed by atoms with Crippen LogP contribution >= 0.6 is 11.6 Å². The maximum atomic E-state index is 13.6. The van der Waals surface area contributed by atoms with E-state index < -0.39 is 17.8 Å². The zero-order chi connectivity index (χ0) is 17.5. The Labute approximate surface area is 143 Å². The van der Waals surface area contributed by atoms with E-state index in [2.05, 4.69) is 10.6 Å². The monoisotopic (exact) mass is 350 g/mol. The van der Waals surface area contributed by atoms with Crippen LogP contribution in [0.4, 0.5) is 14.9 Å². The summed E-state index contributed by atoms with van der Waals surface area (Å²) in [5.41, 5.74) is 1.09. The first-order chi connectivity index (χ1) is 11.5. The number of esters is 1. The maximum Gasteiger partial charge on any atom is 0.338 e. The first kappa shape index (κ1) is 17.7.